The molecule has 4 rings (SSSR count). The van der Waals surface area contributed by atoms with Gasteiger partial charge in [-0.25, -0.2) is 9.59 Å². The monoisotopic (exact) mass is 529 g/mol. The van der Waals surface area contributed by atoms with Crippen LogP contribution in [-0.4, -0.2) is 60.3 Å². The van der Waals surface area contributed by atoms with Crippen molar-refractivity contribution in [2.24, 2.45) is 0 Å². The number of hydrogen-bond donors (Lipinski definition) is 3. The number of alkyl carbamates (subject to hydrolysis) is 1. The highest BCUT2D eigenvalue weighted by molar-refractivity contribution is 5.89. The summed E-state index contributed by atoms with van der Waals surface area (Å²) in [6, 6.07) is 23.7. The van der Waals surface area contributed by atoms with E-state index in [1.807, 2.05) is 78.6 Å². The summed E-state index contributed by atoms with van der Waals surface area (Å²) in [5, 5.41) is 15.0. The maximum Gasteiger partial charge on any atom is 0.407 e. The van der Waals surface area contributed by atoms with E-state index in [4.69, 9.17) is 4.74 Å². The number of fused-ring (bicyclic) bond motifs is 3. The lowest BCUT2D eigenvalue weighted by Crippen LogP contribution is -2.54. The highest BCUT2D eigenvalue weighted by Gasteiger charge is 2.31. The number of ether oxygens (including phenoxy) is 1. The van der Waals surface area contributed by atoms with Crippen molar-refractivity contribution in [3.05, 3.63) is 95.6 Å². The van der Waals surface area contributed by atoms with Crippen LogP contribution in [-0.2, 0) is 20.9 Å². The van der Waals surface area contributed by atoms with Crippen molar-refractivity contribution in [2.75, 3.05) is 20.2 Å². The van der Waals surface area contributed by atoms with Crippen LogP contribution in [0, 0.1) is 0 Å². The standard InChI is InChI=1S/C31H35N3O5/c1-3-11-27(29(35)32-28(30(36)37)19-34(2)18-21-12-5-4-6-13-21)33-31(38)39-20-26-24-16-9-7-14-22(24)23-15-8-10-17-25(23)26/h4-10,12-17,26-28H,3,11,18-20H2,1-2H3,(H,32,35)(H,33,38)(H,36,37)/t27-,28?/m1/s1. The van der Waals surface area contributed by atoms with E-state index >= 15 is 0 Å². The van der Waals surface area contributed by atoms with Gasteiger partial charge in [0.2, 0.25) is 5.91 Å². The van der Waals surface area contributed by atoms with Crippen LogP contribution in [0.25, 0.3) is 11.1 Å². The zero-order valence-corrected chi connectivity index (χ0v) is 22.3. The van der Waals surface area contributed by atoms with Crippen molar-refractivity contribution in [3.63, 3.8) is 0 Å². The molecule has 0 radical (unpaired) electrons. The van der Waals surface area contributed by atoms with Gasteiger partial charge in [-0.15, -0.1) is 0 Å². The maximum absolute atomic E-state index is 13.0. The fourth-order valence-corrected chi connectivity index (χ4v) is 5.07. The topological polar surface area (TPSA) is 108 Å². The Morgan fingerprint density at radius 2 is 1.46 bits per heavy atom. The van der Waals surface area contributed by atoms with E-state index in [2.05, 4.69) is 22.8 Å². The Morgan fingerprint density at radius 3 is 2.05 bits per heavy atom. The number of carbonyl (C=O) groups excluding carboxylic acids is 2. The molecular weight excluding hydrogens is 494 g/mol. The Hall–Kier alpha value is -4.17. The van der Waals surface area contributed by atoms with Gasteiger partial charge in [-0.2, -0.15) is 0 Å². The minimum absolute atomic E-state index is 0.0989. The predicted octanol–water partition coefficient (Wildman–Crippen LogP) is 4.40. The van der Waals surface area contributed by atoms with E-state index in [1.165, 1.54) is 0 Å². The van der Waals surface area contributed by atoms with Crippen LogP contribution in [0.4, 0.5) is 4.79 Å². The van der Waals surface area contributed by atoms with E-state index < -0.39 is 30.1 Å². The molecular formula is C31H35N3O5. The number of rotatable bonds is 12. The van der Waals surface area contributed by atoms with Gasteiger partial charge in [-0.1, -0.05) is 92.2 Å². The lowest BCUT2D eigenvalue weighted by Gasteiger charge is -2.25. The molecule has 3 aromatic rings. The number of hydrogen-bond acceptors (Lipinski definition) is 5. The van der Waals surface area contributed by atoms with Gasteiger partial charge < -0.3 is 20.5 Å². The zero-order chi connectivity index (χ0) is 27.8. The van der Waals surface area contributed by atoms with Crippen molar-refractivity contribution < 1.29 is 24.2 Å². The third kappa shape index (κ3) is 7.03. The second kappa shape index (κ2) is 13.1. The normalized spacial score (nSPS) is 13.7. The molecule has 2 amide bonds. The van der Waals surface area contributed by atoms with Crippen LogP contribution in [0.15, 0.2) is 78.9 Å². The van der Waals surface area contributed by atoms with Crippen molar-refractivity contribution in [1.82, 2.24) is 15.5 Å². The molecule has 1 unspecified atom stereocenters. The number of amides is 2. The highest BCUT2D eigenvalue weighted by Crippen LogP contribution is 2.44. The maximum atomic E-state index is 13.0. The minimum Gasteiger partial charge on any atom is -0.480 e. The first-order valence-corrected chi connectivity index (χ1v) is 13.2. The third-order valence-corrected chi connectivity index (χ3v) is 6.93. The number of carboxylic acids is 1. The molecule has 0 aromatic heterocycles. The van der Waals surface area contributed by atoms with Crippen molar-refractivity contribution in [2.45, 2.75) is 44.3 Å². The Balaban J connectivity index is 1.35. The number of likely N-dealkylation sites (N-methyl/N-ethyl adjacent to an activating group) is 1. The van der Waals surface area contributed by atoms with E-state index in [0.717, 1.165) is 27.8 Å². The van der Waals surface area contributed by atoms with Crippen molar-refractivity contribution in [3.8, 4) is 11.1 Å². The first kappa shape index (κ1) is 27.9. The summed E-state index contributed by atoms with van der Waals surface area (Å²) >= 11 is 0. The summed E-state index contributed by atoms with van der Waals surface area (Å²) in [6.45, 7) is 2.67. The van der Waals surface area contributed by atoms with Crippen LogP contribution in [0.5, 0.6) is 0 Å². The number of nitrogens with zero attached hydrogens (tertiary/aromatic N) is 1. The summed E-state index contributed by atoms with van der Waals surface area (Å²) in [5.41, 5.74) is 5.48. The van der Waals surface area contributed by atoms with Crippen LogP contribution < -0.4 is 10.6 Å². The molecule has 8 heteroatoms. The van der Waals surface area contributed by atoms with E-state index in [9.17, 15) is 19.5 Å². The van der Waals surface area contributed by atoms with E-state index in [1.54, 1.807) is 7.05 Å². The molecule has 3 aromatic carbocycles. The zero-order valence-electron chi connectivity index (χ0n) is 22.3. The van der Waals surface area contributed by atoms with E-state index in [-0.39, 0.29) is 19.1 Å². The Kier molecular flexibility index (Phi) is 9.33. The highest BCUT2D eigenvalue weighted by atomic mass is 16.5. The molecule has 0 aliphatic heterocycles. The fourth-order valence-electron chi connectivity index (χ4n) is 5.07. The average Bonchev–Trinajstić information content (AvgIpc) is 3.25. The second-order valence-corrected chi connectivity index (χ2v) is 9.89. The SMILES string of the molecule is CCC[C@@H](NC(=O)OCC1c2ccccc2-c2ccccc21)C(=O)NC(CN(C)Cc1ccccc1)C(=O)O. The van der Waals surface area contributed by atoms with Gasteiger partial charge in [0, 0.05) is 19.0 Å². The summed E-state index contributed by atoms with van der Waals surface area (Å²) in [7, 11) is 1.80. The molecule has 39 heavy (non-hydrogen) atoms. The molecule has 0 fully saturated rings. The molecule has 1 aliphatic carbocycles. The van der Waals surface area contributed by atoms with Crippen molar-refractivity contribution >= 4 is 18.0 Å². The fraction of sp³-hybridized carbons (Fsp3) is 0.323. The van der Waals surface area contributed by atoms with Gasteiger partial charge in [-0.05, 0) is 41.3 Å². The largest absolute Gasteiger partial charge is 0.480 e. The lowest BCUT2D eigenvalue weighted by molar-refractivity contribution is -0.142. The predicted molar refractivity (Wildman–Crippen MR) is 149 cm³/mol. The Labute approximate surface area is 229 Å². The van der Waals surface area contributed by atoms with E-state index in [0.29, 0.717) is 19.4 Å². The molecule has 1 aliphatic rings. The lowest BCUT2D eigenvalue weighted by atomic mass is 9.98. The number of carboxylic acid groups (broad SMARTS) is 1. The smallest absolute Gasteiger partial charge is 0.407 e. The summed E-state index contributed by atoms with van der Waals surface area (Å²) in [6.07, 6.45) is 0.258. The van der Waals surface area contributed by atoms with Gasteiger partial charge in [0.05, 0.1) is 0 Å². The quantitative estimate of drug-likeness (QED) is 0.321. The van der Waals surface area contributed by atoms with Gasteiger partial charge in [0.25, 0.3) is 0 Å². The molecule has 2 atom stereocenters. The molecule has 0 spiro atoms. The first-order chi connectivity index (χ1) is 18.9. The molecule has 8 nitrogen and oxygen atoms in total. The van der Waals surface area contributed by atoms with Crippen molar-refractivity contribution in [1.29, 1.82) is 0 Å². The molecule has 3 N–H and O–H groups in total. The van der Waals surface area contributed by atoms with Crippen LogP contribution in [0.3, 0.4) is 0 Å². The summed E-state index contributed by atoms with van der Waals surface area (Å²) in [5.74, 6) is -1.79. The Morgan fingerprint density at radius 1 is 0.872 bits per heavy atom. The molecule has 0 saturated carbocycles. The molecule has 0 heterocycles. The minimum atomic E-state index is -1.14. The van der Waals surface area contributed by atoms with Gasteiger partial charge in [0.15, 0.2) is 0 Å². The number of carbonyl (C=O) groups is 3. The molecule has 0 saturated heterocycles. The first-order valence-electron chi connectivity index (χ1n) is 13.2. The molecule has 0 bridgehead atoms. The van der Waals surface area contributed by atoms with Gasteiger partial charge >= 0.3 is 12.1 Å². The second-order valence-electron chi connectivity index (χ2n) is 9.89. The number of nitrogens with one attached hydrogen (secondary N) is 2. The number of benzene rings is 3. The van der Waals surface area contributed by atoms with Crippen LogP contribution in [0.2, 0.25) is 0 Å². The van der Waals surface area contributed by atoms with Gasteiger partial charge in [-0.3, -0.25) is 9.69 Å². The third-order valence-electron chi connectivity index (χ3n) is 6.93. The summed E-state index contributed by atoms with van der Waals surface area (Å²) in [4.78, 5) is 39.6. The van der Waals surface area contributed by atoms with Gasteiger partial charge in [0.1, 0.15) is 18.7 Å². The average molecular weight is 530 g/mol. The van der Waals surface area contributed by atoms with Crippen LogP contribution >= 0.6 is 0 Å². The molecule has 204 valence electrons. The number of aliphatic carboxylic acids is 1. The summed E-state index contributed by atoms with van der Waals surface area (Å²) < 4.78 is 5.60. The Bertz CT molecular complexity index is 1250. The van der Waals surface area contributed by atoms with Crippen LogP contribution in [0.1, 0.15) is 42.4 Å².